The molecule has 1 aliphatic carbocycles. The molecule has 116 valence electrons. The molecule has 1 saturated carbocycles. The fraction of sp³-hybridized carbons (Fsp3) is 0.625. The molecule has 21 heavy (non-hydrogen) atoms. The molecule has 0 aromatic carbocycles. The molecule has 2 atom stereocenters. The van der Waals surface area contributed by atoms with Gasteiger partial charge in [0.25, 0.3) is 5.56 Å². The molecule has 1 aromatic heterocycles. The lowest BCUT2D eigenvalue weighted by molar-refractivity contribution is -0.182. The highest BCUT2D eigenvalue weighted by Gasteiger charge is 2.58. The van der Waals surface area contributed by atoms with Gasteiger partial charge in [0.15, 0.2) is 0 Å². The van der Waals surface area contributed by atoms with Crippen molar-refractivity contribution in [2.45, 2.75) is 51.8 Å². The second kappa shape index (κ2) is 5.64. The van der Waals surface area contributed by atoms with Crippen LogP contribution in [0, 0.1) is 5.41 Å². The summed E-state index contributed by atoms with van der Waals surface area (Å²) in [6, 6.07) is 5.10. The average molecular weight is 292 g/mol. The third-order valence-corrected chi connectivity index (χ3v) is 5.09. The maximum atomic E-state index is 12.1. The van der Waals surface area contributed by atoms with Crippen molar-refractivity contribution in [3.8, 4) is 0 Å². The van der Waals surface area contributed by atoms with E-state index in [9.17, 15) is 9.59 Å². The molecule has 0 spiro atoms. The van der Waals surface area contributed by atoms with Crippen LogP contribution in [0.2, 0.25) is 0 Å². The van der Waals surface area contributed by atoms with Crippen molar-refractivity contribution in [3.63, 3.8) is 0 Å². The SMILES string of the molecule is COC1(C)CC(NC(=O)CCn2ccccc2=O)C1(C)C. The Bertz CT molecular complexity index is 579. The molecule has 0 aliphatic heterocycles. The zero-order chi connectivity index (χ0) is 15.7. The Kier molecular flexibility index (Phi) is 4.23. The Balaban J connectivity index is 1.87. The number of amides is 1. The summed E-state index contributed by atoms with van der Waals surface area (Å²) in [4.78, 5) is 23.6. The fourth-order valence-electron chi connectivity index (χ4n) is 2.86. The molecule has 5 heteroatoms. The normalized spacial score (nSPS) is 27.0. The van der Waals surface area contributed by atoms with E-state index >= 15 is 0 Å². The number of pyridine rings is 1. The van der Waals surface area contributed by atoms with E-state index in [1.165, 1.54) is 6.07 Å². The molecule has 1 heterocycles. The third-order valence-electron chi connectivity index (χ3n) is 5.09. The summed E-state index contributed by atoms with van der Waals surface area (Å²) >= 11 is 0. The average Bonchev–Trinajstić information content (AvgIpc) is 2.45. The van der Waals surface area contributed by atoms with Gasteiger partial charge in [-0.25, -0.2) is 0 Å². The Morgan fingerprint density at radius 2 is 2.14 bits per heavy atom. The van der Waals surface area contributed by atoms with Crippen molar-refractivity contribution in [3.05, 3.63) is 34.7 Å². The summed E-state index contributed by atoms with van der Waals surface area (Å²) in [5.74, 6) is -0.0259. The molecule has 2 rings (SSSR count). The van der Waals surface area contributed by atoms with Gasteiger partial charge in [0.2, 0.25) is 5.91 Å². The zero-order valence-corrected chi connectivity index (χ0v) is 13.2. The van der Waals surface area contributed by atoms with Gasteiger partial charge < -0.3 is 14.6 Å². The minimum Gasteiger partial charge on any atom is -0.378 e. The van der Waals surface area contributed by atoms with Gasteiger partial charge in [-0.2, -0.15) is 0 Å². The molecule has 1 amide bonds. The quantitative estimate of drug-likeness (QED) is 0.896. The smallest absolute Gasteiger partial charge is 0.250 e. The number of aryl methyl sites for hydroxylation is 1. The number of hydrogen-bond acceptors (Lipinski definition) is 3. The lowest BCUT2D eigenvalue weighted by atomic mass is 9.56. The van der Waals surface area contributed by atoms with Gasteiger partial charge in [-0.05, 0) is 19.4 Å². The number of methoxy groups -OCH3 is 1. The monoisotopic (exact) mass is 292 g/mol. The number of nitrogens with zero attached hydrogens (tertiary/aromatic N) is 1. The van der Waals surface area contributed by atoms with E-state index in [1.54, 1.807) is 30.0 Å². The first-order valence-corrected chi connectivity index (χ1v) is 7.30. The van der Waals surface area contributed by atoms with Gasteiger partial charge in [0, 0.05) is 43.8 Å². The molecular weight excluding hydrogens is 268 g/mol. The number of hydrogen-bond donors (Lipinski definition) is 1. The van der Waals surface area contributed by atoms with Gasteiger partial charge in [-0.1, -0.05) is 19.9 Å². The van der Waals surface area contributed by atoms with Gasteiger partial charge in [-0.15, -0.1) is 0 Å². The fourth-order valence-corrected chi connectivity index (χ4v) is 2.86. The molecule has 0 bridgehead atoms. The molecule has 0 saturated heterocycles. The first-order valence-electron chi connectivity index (χ1n) is 7.30. The maximum absolute atomic E-state index is 12.1. The van der Waals surface area contributed by atoms with Crippen LogP contribution in [0.5, 0.6) is 0 Å². The van der Waals surface area contributed by atoms with Gasteiger partial charge >= 0.3 is 0 Å². The second-order valence-corrected chi connectivity index (χ2v) is 6.46. The van der Waals surface area contributed by atoms with E-state index in [0.717, 1.165) is 6.42 Å². The zero-order valence-electron chi connectivity index (χ0n) is 13.2. The van der Waals surface area contributed by atoms with Crippen LogP contribution in [0.4, 0.5) is 0 Å². The van der Waals surface area contributed by atoms with Crippen LogP contribution in [0.15, 0.2) is 29.2 Å². The summed E-state index contributed by atoms with van der Waals surface area (Å²) < 4.78 is 7.10. The number of carbonyl (C=O) groups is 1. The van der Waals surface area contributed by atoms with Crippen molar-refractivity contribution in [2.75, 3.05) is 7.11 Å². The minimum atomic E-state index is -0.193. The van der Waals surface area contributed by atoms with E-state index in [2.05, 4.69) is 26.1 Å². The first-order chi connectivity index (χ1) is 9.80. The first kappa shape index (κ1) is 15.8. The van der Waals surface area contributed by atoms with Crippen LogP contribution in [-0.4, -0.2) is 29.2 Å². The Morgan fingerprint density at radius 3 is 2.71 bits per heavy atom. The molecule has 1 aromatic rings. The molecule has 0 radical (unpaired) electrons. The second-order valence-electron chi connectivity index (χ2n) is 6.46. The highest BCUT2D eigenvalue weighted by molar-refractivity contribution is 5.76. The van der Waals surface area contributed by atoms with Crippen molar-refractivity contribution in [1.82, 2.24) is 9.88 Å². The van der Waals surface area contributed by atoms with Crippen molar-refractivity contribution in [1.29, 1.82) is 0 Å². The topological polar surface area (TPSA) is 60.3 Å². The predicted molar refractivity (Wildman–Crippen MR) is 81.1 cm³/mol. The number of rotatable bonds is 5. The summed E-state index contributed by atoms with van der Waals surface area (Å²) in [5, 5.41) is 3.05. The largest absolute Gasteiger partial charge is 0.378 e. The highest BCUT2D eigenvalue weighted by atomic mass is 16.5. The Morgan fingerprint density at radius 1 is 1.43 bits per heavy atom. The van der Waals surface area contributed by atoms with E-state index in [1.807, 2.05) is 0 Å². The van der Waals surface area contributed by atoms with Gasteiger partial charge in [0.05, 0.1) is 5.60 Å². The number of carbonyl (C=O) groups excluding carboxylic acids is 1. The third kappa shape index (κ3) is 2.88. The van der Waals surface area contributed by atoms with Crippen molar-refractivity contribution >= 4 is 5.91 Å². The maximum Gasteiger partial charge on any atom is 0.250 e. The van der Waals surface area contributed by atoms with Crippen molar-refractivity contribution in [2.24, 2.45) is 5.41 Å². The minimum absolute atomic E-state index is 0.0259. The lowest BCUT2D eigenvalue weighted by Gasteiger charge is -2.59. The number of aromatic nitrogens is 1. The lowest BCUT2D eigenvalue weighted by Crippen LogP contribution is -2.68. The molecule has 1 N–H and O–H groups in total. The van der Waals surface area contributed by atoms with Crippen LogP contribution >= 0.6 is 0 Å². The highest BCUT2D eigenvalue weighted by Crippen LogP contribution is 2.51. The van der Waals surface area contributed by atoms with E-state index in [4.69, 9.17) is 4.74 Å². The molecule has 1 fully saturated rings. The summed E-state index contributed by atoms with van der Waals surface area (Å²) in [6.07, 6.45) is 2.82. The standard InChI is InChI=1S/C16H24N2O3/c1-15(2)12(11-16(15,3)21-4)17-13(19)8-10-18-9-6-5-7-14(18)20/h5-7,9,12H,8,10-11H2,1-4H3,(H,17,19). The van der Waals surface area contributed by atoms with Crippen LogP contribution in [0.3, 0.4) is 0 Å². The van der Waals surface area contributed by atoms with Crippen LogP contribution < -0.4 is 10.9 Å². The van der Waals surface area contributed by atoms with Gasteiger partial charge in [-0.3, -0.25) is 9.59 Å². The number of nitrogens with one attached hydrogen (secondary N) is 1. The molecule has 2 unspecified atom stereocenters. The van der Waals surface area contributed by atoms with Gasteiger partial charge in [0.1, 0.15) is 0 Å². The molecular formula is C16H24N2O3. The summed E-state index contributed by atoms with van der Waals surface area (Å²) in [7, 11) is 1.71. The van der Waals surface area contributed by atoms with Crippen LogP contribution in [0.25, 0.3) is 0 Å². The number of ether oxygens (including phenoxy) is 1. The summed E-state index contributed by atoms with van der Waals surface area (Å²) in [5.41, 5.74) is -0.372. The summed E-state index contributed by atoms with van der Waals surface area (Å²) in [6.45, 7) is 6.68. The van der Waals surface area contributed by atoms with Crippen LogP contribution in [-0.2, 0) is 16.1 Å². The van der Waals surface area contributed by atoms with E-state index in [0.29, 0.717) is 13.0 Å². The van der Waals surface area contributed by atoms with E-state index in [-0.39, 0.29) is 28.5 Å². The Labute approximate surface area is 125 Å². The van der Waals surface area contributed by atoms with E-state index < -0.39 is 0 Å². The Hall–Kier alpha value is -1.62. The van der Waals surface area contributed by atoms with Crippen molar-refractivity contribution < 1.29 is 9.53 Å². The van der Waals surface area contributed by atoms with Crippen LogP contribution in [0.1, 0.15) is 33.6 Å². The molecule has 1 aliphatic rings. The molecule has 5 nitrogen and oxygen atoms in total. The predicted octanol–water partition coefficient (Wildman–Crippen LogP) is 1.56.